The summed E-state index contributed by atoms with van der Waals surface area (Å²) >= 11 is 0. The highest BCUT2D eigenvalue weighted by atomic mass is 32.2. The van der Waals surface area contributed by atoms with E-state index in [1.54, 1.807) is 0 Å². The number of nitrogen functional groups attached to an aromatic ring is 1. The van der Waals surface area contributed by atoms with Crippen LogP contribution in [0.3, 0.4) is 0 Å². The highest BCUT2D eigenvalue weighted by Crippen LogP contribution is 2.26. The Morgan fingerprint density at radius 1 is 1.39 bits per heavy atom. The molecule has 1 aliphatic carbocycles. The van der Waals surface area contributed by atoms with Crippen LogP contribution in [0.4, 0.5) is 5.82 Å². The molecule has 100 valence electrons. The Labute approximate surface area is 107 Å². The number of aromatic nitrogens is 1. The molecular formula is C11H18N4O2S. The molecule has 0 bridgehead atoms. The van der Waals surface area contributed by atoms with E-state index in [0.717, 1.165) is 19.3 Å². The normalized spacial score (nSPS) is 24.1. The lowest BCUT2D eigenvalue weighted by atomic mass is 10.1. The molecule has 1 aromatic rings. The first kappa shape index (κ1) is 13.3. The first-order chi connectivity index (χ1) is 8.53. The Kier molecular flexibility index (Phi) is 3.84. The van der Waals surface area contributed by atoms with Gasteiger partial charge in [-0.2, -0.15) is 0 Å². The number of nitrogens with two attached hydrogens (primary N) is 1. The van der Waals surface area contributed by atoms with Gasteiger partial charge >= 0.3 is 0 Å². The van der Waals surface area contributed by atoms with Crippen LogP contribution in [-0.2, 0) is 10.0 Å². The Morgan fingerprint density at radius 3 is 2.67 bits per heavy atom. The monoisotopic (exact) mass is 270 g/mol. The Hall–Kier alpha value is -1.18. The number of sulfonamides is 1. The van der Waals surface area contributed by atoms with Crippen LogP contribution in [0.2, 0.25) is 0 Å². The molecule has 1 aliphatic rings. The largest absolute Gasteiger partial charge is 0.308 e. The van der Waals surface area contributed by atoms with Crippen molar-refractivity contribution in [3.05, 3.63) is 18.3 Å². The molecule has 7 heteroatoms. The van der Waals surface area contributed by atoms with Crippen molar-refractivity contribution in [1.82, 2.24) is 9.71 Å². The highest BCUT2D eigenvalue weighted by Gasteiger charge is 2.28. The minimum absolute atomic E-state index is 0.0299. The number of rotatable bonds is 4. The van der Waals surface area contributed by atoms with Crippen LogP contribution in [0.15, 0.2) is 23.2 Å². The summed E-state index contributed by atoms with van der Waals surface area (Å²) in [4.78, 5) is 4.07. The predicted molar refractivity (Wildman–Crippen MR) is 69.2 cm³/mol. The first-order valence-electron chi connectivity index (χ1n) is 5.98. The van der Waals surface area contributed by atoms with Crippen LogP contribution < -0.4 is 16.0 Å². The zero-order valence-electron chi connectivity index (χ0n) is 10.3. The molecule has 0 saturated heterocycles. The van der Waals surface area contributed by atoms with Gasteiger partial charge in [-0.15, -0.1) is 0 Å². The molecule has 2 unspecified atom stereocenters. The van der Waals surface area contributed by atoms with Gasteiger partial charge in [0, 0.05) is 12.2 Å². The van der Waals surface area contributed by atoms with Crippen molar-refractivity contribution in [3.8, 4) is 0 Å². The molecule has 0 aliphatic heterocycles. The predicted octanol–water partition coefficient (Wildman–Crippen LogP) is 0.834. The smallest absolute Gasteiger partial charge is 0.242 e. The van der Waals surface area contributed by atoms with E-state index in [1.165, 1.54) is 18.3 Å². The summed E-state index contributed by atoms with van der Waals surface area (Å²) in [5, 5.41) is 0. The van der Waals surface area contributed by atoms with Gasteiger partial charge in [-0.1, -0.05) is 13.3 Å². The van der Waals surface area contributed by atoms with Crippen molar-refractivity contribution < 1.29 is 8.42 Å². The van der Waals surface area contributed by atoms with E-state index in [-0.39, 0.29) is 10.9 Å². The molecular weight excluding hydrogens is 252 g/mol. The van der Waals surface area contributed by atoms with E-state index in [0.29, 0.717) is 11.7 Å². The number of anilines is 1. The third kappa shape index (κ3) is 2.80. The molecule has 2 atom stereocenters. The summed E-state index contributed by atoms with van der Waals surface area (Å²) in [6, 6.07) is 3.05. The molecule has 1 heterocycles. The van der Waals surface area contributed by atoms with Gasteiger partial charge in [0.2, 0.25) is 10.0 Å². The third-order valence-corrected chi connectivity index (χ3v) is 4.84. The quantitative estimate of drug-likeness (QED) is 0.556. The fourth-order valence-corrected chi connectivity index (χ4v) is 3.54. The Balaban J connectivity index is 2.14. The van der Waals surface area contributed by atoms with Gasteiger partial charge < -0.3 is 5.43 Å². The molecule has 4 N–H and O–H groups in total. The summed E-state index contributed by atoms with van der Waals surface area (Å²) in [5.74, 6) is 6.00. The van der Waals surface area contributed by atoms with Crippen molar-refractivity contribution in [2.24, 2.45) is 11.8 Å². The number of hydrazine groups is 1. The molecule has 0 aromatic carbocycles. The molecule has 2 rings (SSSR count). The average Bonchev–Trinajstić information content (AvgIpc) is 2.74. The van der Waals surface area contributed by atoms with Gasteiger partial charge in [0.05, 0.1) is 0 Å². The summed E-state index contributed by atoms with van der Waals surface area (Å²) in [7, 11) is -3.48. The summed E-state index contributed by atoms with van der Waals surface area (Å²) in [5.41, 5.74) is 2.36. The lowest BCUT2D eigenvalue weighted by Crippen LogP contribution is -2.36. The molecule has 1 fully saturated rings. The van der Waals surface area contributed by atoms with Crippen LogP contribution in [0.1, 0.15) is 26.2 Å². The van der Waals surface area contributed by atoms with Gasteiger partial charge in [0.15, 0.2) is 0 Å². The fraction of sp³-hybridized carbons (Fsp3) is 0.545. The van der Waals surface area contributed by atoms with E-state index >= 15 is 0 Å². The maximum Gasteiger partial charge on any atom is 0.242 e. The molecule has 0 amide bonds. The fourth-order valence-electron chi connectivity index (χ4n) is 2.21. The number of nitrogens with zero attached hydrogens (tertiary/aromatic N) is 1. The average molecular weight is 270 g/mol. The van der Waals surface area contributed by atoms with E-state index in [1.807, 2.05) is 0 Å². The second kappa shape index (κ2) is 5.21. The third-order valence-electron chi connectivity index (χ3n) is 3.36. The summed E-state index contributed by atoms with van der Waals surface area (Å²) in [6.45, 7) is 2.07. The summed E-state index contributed by atoms with van der Waals surface area (Å²) in [6.07, 6.45) is 4.34. The summed E-state index contributed by atoms with van der Waals surface area (Å²) < 4.78 is 27.0. The Morgan fingerprint density at radius 2 is 2.17 bits per heavy atom. The van der Waals surface area contributed by atoms with Crippen molar-refractivity contribution in [3.63, 3.8) is 0 Å². The maximum atomic E-state index is 12.1. The lowest BCUT2D eigenvalue weighted by Gasteiger charge is -2.17. The van der Waals surface area contributed by atoms with Gasteiger partial charge in [0.1, 0.15) is 10.7 Å². The van der Waals surface area contributed by atoms with Crippen molar-refractivity contribution in [1.29, 1.82) is 0 Å². The van der Waals surface area contributed by atoms with Crippen LogP contribution in [0, 0.1) is 5.92 Å². The Bertz CT molecular complexity index is 500. The topological polar surface area (TPSA) is 97.1 Å². The van der Waals surface area contributed by atoms with Crippen LogP contribution in [0.25, 0.3) is 0 Å². The molecule has 1 saturated carbocycles. The van der Waals surface area contributed by atoms with Crippen LogP contribution in [0.5, 0.6) is 0 Å². The molecule has 6 nitrogen and oxygen atoms in total. The van der Waals surface area contributed by atoms with Gasteiger partial charge in [-0.25, -0.2) is 24.0 Å². The molecule has 1 aromatic heterocycles. The lowest BCUT2D eigenvalue weighted by molar-refractivity contribution is 0.476. The van der Waals surface area contributed by atoms with E-state index in [4.69, 9.17) is 5.84 Å². The minimum Gasteiger partial charge on any atom is -0.308 e. The molecule has 0 spiro atoms. The number of hydrogen-bond donors (Lipinski definition) is 3. The maximum absolute atomic E-state index is 12.1. The van der Waals surface area contributed by atoms with Gasteiger partial charge in [0.25, 0.3) is 0 Å². The van der Waals surface area contributed by atoms with E-state index in [9.17, 15) is 8.42 Å². The van der Waals surface area contributed by atoms with E-state index < -0.39 is 10.0 Å². The SMILES string of the molecule is CC1CCCC1NS(=O)(=O)c1ccc(NN)nc1. The number of nitrogens with one attached hydrogen (secondary N) is 2. The van der Waals surface area contributed by atoms with Crippen LogP contribution >= 0.6 is 0 Å². The minimum atomic E-state index is -3.48. The van der Waals surface area contributed by atoms with E-state index in [2.05, 4.69) is 22.1 Å². The standard InChI is InChI=1S/C11H18N4O2S/c1-8-3-2-4-10(8)15-18(16,17)9-5-6-11(14-12)13-7-9/h5-8,10,15H,2-4,12H2,1H3,(H,13,14). The zero-order chi connectivity index (χ0) is 13.2. The van der Waals surface area contributed by atoms with Gasteiger partial charge in [-0.05, 0) is 30.9 Å². The molecule has 0 radical (unpaired) electrons. The molecule has 18 heavy (non-hydrogen) atoms. The highest BCUT2D eigenvalue weighted by molar-refractivity contribution is 7.89. The van der Waals surface area contributed by atoms with Gasteiger partial charge in [-0.3, -0.25) is 0 Å². The number of pyridine rings is 1. The number of hydrogen-bond acceptors (Lipinski definition) is 5. The first-order valence-corrected chi connectivity index (χ1v) is 7.46. The van der Waals surface area contributed by atoms with Crippen molar-refractivity contribution in [2.45, 2.75) is 37.1 Å². The zero-order valence-corrected chi connectivity index (χ0v) is 11.1. The van der Waals surface area contributed by atoms with Crippen molar-refractivity contribution >= 4 is 15.8 Å². The van der Waals surface area contributed by atoms with Crippen molar-refractivity contribution in [2.75, 3.05) is 5.43 Å². The second-order valence-corrected chi connectivity index (χ2v) is 6.37. The van der Waals surface area contributed by atoms with Crippen LogP contribution in [-0.4, -0.2) is 19.4 Å². The second-order valence-electron chi connectivity index (χ2n) is 4.66.